The van der Waals surface area contributed by atoms with Crippen LogP contribution in [-0.4, -0.2) is 37.6 Å². The van der Waals surface area contributed by atoms with Crippen molar-refractivity contribution in [2.45, 2.75) is 18.9 Å². The Hall–Kier alpha value is -2.02. The highest BCUT2D eigenvalue weighted by Gasteiger charge is 2.29. The highest BCUT2D eigenvalue weighted by atomic mass is 16.4. The van der Waals surface area contributed by atoms with Gasteiger partial charge in [-0.15, -0.1) is 0 Å². The molecular weight excluding hydrogens is 234 g/mol. The van der Waals surface area contributed by atoms with Gasteiger partial charge in [-0.05, 0) is 19.4 Å². The lowest BCUT2D eigenvalue weighted by Crippen LogP contribution is -2.35. The summed E-state index contributed by atoms with van der Waals surface area (Å²) in [5.41, 5.74) is 2.18. The number of aromatic nitrogens is 4. The van der Waals surface area contributed by atoms with Gasteiger partial charge in [0.15, 0.2) is 5.65 Å². The van der Waals surface area contributed by atoms with Gasteiger partial charge >= 0.3 is 5.97 Å². The third-order valence-electron chi connectivity index (χ3n) is 3.34. The molecule has 3 rings (SSSR count). The van der Waals surface area contributed by atoms with Crippen LogP contribution in [0.25, 0.3) is 11.2 Å². The zero-order chi connectivity index (χ0) is 12.5. The lowest BCUT2D eigenvalue weighted by Gasteiger charge is -2.27. The summed E-state index contributed by atoms with van der Waals surface area (Å²) in [6, 6.07) is -0.0641. The molecule has 0 spiro atoms. The van der Waals surface area contributed by atoms with Crippen LogP contribution in [0.3, 0.4) is 0 Å². The Morgan fingerprint density at radius 2 is 2.28 bits per heavy atom. The fourth-order valence-corrected chi connectivity index (χ4v) is 2.40. The Labute approximate surface area is 103 Å². The summed E-state index contributed by atoms with van der Waals surface area (Å²) < 4.78 is 0. The van der Waals surface area contributed by atoms with Crippen molar-refractivity contribution in [1.29, 1.82) is 0 Å². The molecular formula is C11H13N5O2. The molecule has 0 bridgehead atoms. The van der Waals surface area contributed by atoms with Crippen LogP contribution in [0.4, 0.5) is 0 Å². The minimum absolute atomic E-state index is 0.0641. The Bertz CT molecular complexity index is 582. The number of imidazole rings is 1. The monoisotopic (exact) mass is 247 g/mol. The molecule has 2 atom stereocenters. The van der Waals surface area contributed by atoms with Gasteiger partial charge < -0.3 is 15.4 Å². The van der Waals surface area contributed by atoms with Gasteiger partial charge in [0, 0.05) is 0 Å². The second-order valence-corrected chi connectivity index (χ2v) is 4.43. The van der Waals surface area contributed by atoms with E-state index in [1.807, 2.05) is 0 Å². The third kappa shape index (κ3) is 1.82. The Morgan fingerprint density at radius 3 is 3.11 bits per heavy atom. The van der Waals surface area contributed by atoms with E-state index in [1.54, 1.807) is 6.33 Å². The molecule has 1 aliphatic heterocycles. The second-order valence-electron chi connectivity index (χ2n) is 4.43. The molecule has 1 saturated heterocycles. The van der Waals surface area contributed by atoms with E-state index in [0.717, 1.165) is 11.2 Å². The maximum Gasteiger partial charge on any atom is 0.306 e. The first-order valence-electron chi connectivity index (χ1n) is 5.86. The van der Waals surface area contributed by atoms with Gasteiger partial charge in [0.2, 0.25) is 0 Å². The Balaban J connectivity index is 1.94. The van der Waals surface area contributed by atoms with E-state index in [9.17, 15) is 4.79 Å². The van der Waals surface area contributed by atoms with Gasteiger partial charge in [-0.1, -0.05) is 0 Å². The molecule has 3 heterocycles. The second kappa shape index (κ2) is 4.34. The van der Waals surface area contributed by atoms with Crippen molar-refractivity contribution in [1.82, 2.24) is 25.3 Å². The summed E-state index contributed by atoms with van der Waals surface area (Å²) in [4.78, 5) is 26.5. The fraction of sp³-hybridized carbons (Fsp3) is 0.455. The fourth-order valence-electron chi connectivity index (χ4n) is 2.40. The number of hydrogen-bond donors (Lipinski definition) is 3. The molecule has 0 amide bonds. The highest BCUT2D eigenvalue weighted by molar-refractivity contribution is 5.73. The van der Waals surface area contributed by atoms with Gasteiger partial charge in [-0.3, -0.25) is 4.79 Å². The lowest BCUT2D eigenvalue weighted by molar-refractivity contribution is -0.143. The zero-order valence-corrected chi connectivity index (χ0v) is 9.63. The van der Waals surface area contributed by atoms with E-state index < -0.39 is 5.97 Å². The van der Waals surface area contributed by atoms with Crippen molar-refractivity contribution in [2.75, 3.05) is 6.54 Å². The molecule has 0 saturated carbocycles. The number of hydrogen-bond acceptors (Lipinski definition) is 5. The number of rotatable bonds is 2. The number of piperidine rings is 1. The number of carboxylic acid groups (broad SMARTS) is 1. The quantitative estimate of drug-likeness (QED) is 0.713. The van der Waals surface area contributed by atoms with Crippen LogP contribution in [0.5, 0.6) is 0 Å². The Kier molecular flexibility index (Phi) is 2.67. The van der Waals surface area contributed by atoms with Gasteiger partial charge in [0.05, 0.1) is 24.0 Å². The minimum atomic E-state index is -0.739. The van der Waals surface area contributed by atoms with E-state index in [-0.39, 0.29) is 12.0 Å². The van der Waals surface area contributed by atoms with Crippen LogP contribution in [0, 0.1) is 5.92 Å². The molecule has 7 nitrogen and oxygen atoms in total. The van der Waals surface area contributed by atoms with Crippen LogP contribution in [0.1, 0.15) is 24.6 Å². The first-order valence-corrected chi connectivity index (χ1v) is 5.86. The number of H-pyrrole nitrogens is 1. The zero-order valence-electron chi connectivity index (χ0n) is 9.63. The molecule has 2 aromatic rings. The summed E-state index contributed by atoms with van der Waals surface area (Å²) in [7, 11) is 0. The molecule has 3 N–H and O–H groups in total. The average molecular weight is 247 g/mol. The van der Waals surface area contributed by atoms with Crippen molar-refractivity contribution < 1.29 is 9.90 Å². The molecule has 1 fully saturated rings. The predicted octanol–water partition coefficient (Wildman–Crippen LogP) is 0.478. The normalized spacial score (nSPS) is 24.2. The van der Waals surface area contributed by atoms with Crippen LogP contribution >= 0.6 is 0 Å². The summed E-state index contributed by atoms with van der Waals surface area (Å²) >= 11 is 0. The predicted molar refractivity (Wildman–Crippen MR) is 62.8 cm³/mol. The number of carbonyl (C=O) groups is 1. The number of aliphatic carboxylic acids is 1. The van der Waals surface area contributed by atoms with Crippen molar-refractivity contribution in [2.24, 2.45) is 5.92 Å². The summed E-state index contributed by atoms with van der Waals surface area (Å²) in [6.07, 6.45) is 4.23. The van der Waals surface area contributed by atoms with E-state index in [2.05, 4.69) is 25.3 Å². The first-order chi connectivity index (χ1) is 8.75. The molecule has 2 aromatic heterocycles. The van der Waals surface area contributed by atoms with E-state index in [4.69, 9.17) is 5.11 Å². The number of nitrogens with zero attached hydrogens (tertiary/aromatic N) is 3. The molecule has 2 unspecified atom stereocenters. The van der Waals surface area contributed by atoms with Gasteiger partial charge in [-0.25, -0.2) is 15.0 Å². The smallest absolute Gasteiger partial charge is 0.306 e. The largest absolute Gasteiger partial charge is 0.481 e. The van der Waals surface area contributed by atoms with Gasteiger partial charge in [0.25, 0.3) is 0 Å². The molecule has 0 radical (unpaired) electrons. The maximum atomic E-state index is 11.1. The molecule has 1 aliphatic rings. The molecule has 94 valence electrons. The molecule has 0 aliphatic carbocycles. The number of fused-ring (bicyclic) bond motifs is 1. The van der Waals surface area contributed by atoms with Crippen LogP contribution < -0.4 is 5.32 Å². The molecule has 18 heavy (non-hydrogen) atoms. The summed E-state index contributed by atoms with van der Waals surface area (Å²) in [5, 5.41) is 12.4. The first kappa shape index (κ1) is 11.1. The van der Waals surface area contributed by atoms with Crippen molar-refractivity contribution in [3.63, 3.8) is 0 Å². The average Bonchev–Trinajstić information content (AvgIpc) is 2.87. The lowest BCUT2D eigenvalue weighted by atomic mass is 9.90. The summed E-state index contributed by atoms with van der Waals surface area (Å²) in [5.74, 6) is -1.06. The SMILES string of the molecule is O=C(O)C1CCNC(c2ncnc3nc[nH]c23)C1. The summed E-state index contributed by atoms with van der Waals surface area (Å²) in [6.45, 7) is 0.682. The maximum absolute atomic E-state index is 11.1. The number of nitrogens with one attached hydrogen (secondary N) is 2. The topological polar surface area (TPSA) is 104 Å². The number of carboxylic acids is 1. The molecule has 7 heteroatoms. The minimum Gasteiger partial charge on any atom is -0.481 e. The van der Waals surface area contributed by atoms with Crippen LogP contribution in [-0.2, 0) is 4.79 Å². The van der Waals surface area contributed by atoms with Crippen LogP contribution in [0.2, 0.25) is 0 Å². The third-order valence-corrected chi connectivity index (χ3v) is 3.34. The molecule has 0 aromatic carbocycles. The van der Waals surface area contributed by atoms with E-state index in [0.29, 0.717) is 25.0 Å². The standard InChI is InChI=1S/C11H13N5O2/c17-11(18)6-1-2-12-7(3-6)8-9-10(15-4-13-8)16-5-14-9/h4-7,12H,1-3H2,(H,17,18)(H,13,14,15,16). The van der Waals surface area contributed by atoms with E-state index >= 15 is 0 Å². The number of aromatic amines is 1. The van der Waals surface area contributed by atoms with Gasteiger partial charge in [-0.2, -0.15) is 0 Å². The van der Waals surface area contributed by atoms with Crippen molar-refractivity contribution in [3.8, 4) is 0 Å². The Morgan fingerprint density at radius 1 is 1.39 bits per heavy atom. The highest BCUT2D eigenvalue weighted by Crippen LogP contribution is 2.28. The van der Waals surface area contributed by atoms with Gasteiger partial charge in [0.1, 0.15) is 11.8 Å². The van der Waals surface area contributed by atoms with Crippen molar-refractivity contribution >= 4 is 17.1 Å². The van der Waals surface area contributed by atoms with Crippen molar-refractivity contribution in [3.05, 3.63) is 18.3 Å². The van der Waals surface area contributed by atoms with Crippen LogP contribution in [0.15, 0.2) is 12.7 Å². The van der Waals surface area contributed by atoms with E-state index in [1.165, 1.54) is 6.33 Å².